The smallest absolute Gasteiger partial charge is 0.252 e. The van der Waals surface area contributed by atoms with Gasteiger partial charge in [-0.05, 0) is 66.8 Å². The molecule has 2 nitrogen and oxygen atoms in total. The van der Waals surface area contributed by atoms with Crippen LogP contribution in [0.4, 0.5) is 0 Å². The van der Waals surface area contributed by atoms with Gasteiger partial charge in [-0.1, -0.05) is 18.2 Å². The largest absolute Gasteiger partial charge is 0.377 e. The van der Waals surface area contributed by atoms with Crippen LogP contribution in [-0.2, 0) is 4.74 Å². The zero-order valence-corrected chi connectivity index (χ0v) is 12.4. The van der Waals surface area contributed by atoms with Crippen molar-refractivity contribution in [2.75, 3.05) is 13.2 Å². The molecule has 1 aliphatic carbocycles. The quantitative estimate of drug-likeness (QED) is 0.437. The second-order valence-corrected chi connectivity index (χ2v) is 5.78. The Bertz CT molecular complexity index is 445. The molecule has 0 N–H and O–H groups in total. The third-order valence-corrected chi connectivity index (χ3v) is 4.26. The SMILES string of the molecule is C=CCOC[C@H]1CC[C@H](c2ccc(C(=O)Cl)cc2)CC1. The Balaban J connectivity index is 1.84. The number of carbonyl (C=O) groups is 1. The third-order valence-electron chi connectivity index (χ3n) is 4.05. The van der Waals surface area contributed by atoms with E-state index in [0.29, 0.717) is 24.0 Å². The molecule has 20 heavy (non-hydrogen) atoms. The molecule has 0 aromatic heterocycles. The highest BCUT2D eigenvalue weighted by Crippen LogP contribution is 2.35. The fraction of sp³-hybridized carbons (Fsp3) is 0.471. The Morgan fingerprint density at radius 1 is 1.25 bits per heavy atom. The van der Waals surface area contributed by atoms with Gasteiger partial charge in [-0.2, -0.15) is 0 Å². The lowest BCUT2D eigenvalue weighted by Crippen LogP contribution is -2.18. The molecule has 0 atom stereocenters. The molecule has 0 amide bonds. The molecule has 1 saturated carbocycles. The van der Waals surface area contributed by atoms with Crippen LogP contribution in [0.1, 0.15) is 47.5 Å². The van der Waals surface area contributed by atoms with Crippen LogP contribution in [-0.4, -0.2) is 18.5 Å². The highest BCUT2D eigenvalue weighted by atomic mass is 35.5. The Hall–Kier alpha value is -1.12. The minimum Gasteiger partial charge on any atom is -0.377 e. The van der Waals surface area contributed by atoms with Crippen LogP contribution in [0, 0.1) is 5.92 Å². The van der Waals surface area contributed by atoms with Crippen molar-refractivity contribution in [2.45, 2.75) is 31.6 Å². The molecule has 0 aliphatic heterocycles. The topological polar surface area (TPSA) is 26.3 Å². The van der Waals surface area contributed by atoms with Crippen molar-refractivity contribution >= 4 is 16.8 Å². The van der Waals surface area contributed by atoms with Gasteiger partial charge in [0.2, 0.25) is 0 Å². The van der Waals surface area contributed by atoms with E-state index in [2.05, 4.69) is 6.58 Å². The third kappa shape index (κ3) is 4.19. The molecule has 1 fully saturated rings. The molecule has 0 bridgehead atoms. The summed E-state index contributed by atoms with van der Waals surface area (Å²) in [6.07, 6.45) is 6.59. The Kier molecular flexibility index (Phi) is 5.81. The molecule has 0 spiro atoms. The van der Waals surface area contributed by atoms with Crippen molar-refractivity contribution in [3.05, 3.63) is 48.0 Å². The molecule has 0 unspecified atom stereocenters. The molecule has 1 aromatic carbocycles. The molecule has 0 saturated heterocycles. The fourth-order valence-corrected chi connectivity index (χ4v) is 2.99. The summed E-state index contributed by atoms with van der Waals surface area (Å²) in [5, 5.41) is -0.389. The Morgan fingerprint density at radius 3 is 2.45 bits per heavy atom. The highest BCUT2D eigenvalue weighted by Gasteiger charge is 2.22. The van der Waals surface area contributed by atoms with Gasteiger partial charge in [0.05, 0.1) is 6.61 Å². The number of benzene rings is 1. The summed E-state index contributed by atoms with van der Waals surface area (Å²) >= 11 is 5.46. The van der Waals surface area contributed by atoms with E-state index in [4.69, 9.17) is 16.3 Å². The first-order valence-electron chi connectivity index (χ1n) is 7.19. The van der Waals surface area contributed by atoms with E-state index in [9.17, 15) is 4.79 Å². The van der Waals surface area contributed by atoms with E-state index in [-0.39, 0.29) is 5.24 Å². The molecular weight excluding hydrogens is 272 g/mol. The van der Waals surface area contributed by atoms with E-state index in [1.54, 1.807) is 6.08 Å². The molecule has 108 valence electrons. The van der Waals surface area contributed by atoms with Gasteiger partial charge in [-0.15, -0.1) is 6.58 Å². The van der Waals surface area contributed by atoms with Crippen molar-refractivity contribution < 1.29 is 9.53 Å². The van der Waals surface area contributed by atoms with Crippen LogP contribution in [0.25, 0.3) is 0 Å². The van der Waals surface area contributed by atoms with Gasteiger partial charge >= 0.3 is 0 Å². The van der Waals surface area contributed by atoms with Gasteiger partial charge in [0.25, 0.3) is 5.24 Å². The maximum Gasteiger partial charge on any atom is 0.252 e. The van der Waals surface area contributed by atoms with Crippen LogP contribution >= 0.6 is 11.6 Å². The average molecular weight is 293 g/mol. The minimum absolute atomic E-state index is 0.389. The van der Waals surface area contributed by atoms with Crippen LogP contribution in [0.3, 0.4) is 0 Å². The Labute approximate surface area is 125 Å². The van der Waals surface area contributed by atoms with Crippen molar-refractivity contribution in [3.63, 3.8) is 0 Å². The van der Waals surface area contributed by atoms with Gasteiger partial charge in [0.15, 0.2) is 0 Å². The number of halogens is 1. The lowest BCUT2D eigenvalue weighted by molar-refractivity contribution is 0.102. The first-order valence-corrected chi connectivity index (χ1v) is 7.57. The Morgan fingerprint density at radius 2 is 1.90 bits per heavy atom. The number of hydrogen-bond donors (Lipinski definition) is 0. The number of carbonyl (C=O) groups excluding carboxylic acids is 1. The zero-order valence-electron chi connectivity index (χ0n) is 11.7. The lowest BCUT2D eigenvalue weighted by atomic mass is 9.79. The molecule has 0 radical (unpaired) electrons. The number of hydrogen-bond acceptors (Lipinski definition) is 2. The highest BCUT2D eigenvalue weighted by molar-refractivity contribution is 6.67. The first-order chi connectivity index (χ1) is 9.70. The van der Waals surface area contributed by atoms with Gasteiger partial charge in [-0.25, -0.2) is 0 Å². The summed E-state index contributed by atoms with van der Waals surface area (Å²) in [4.78, 5) is 11.0. The van der Waals surface area contributed by atoms with Crippen molar-refractivity contribution in [2.24, 2.45) is 5.92 Å². The second kappa shape index (κ2) is 7.61. The second-order valence-electron chi connectivity index (χ2n) is 5.44. The normalized spacial score (nSPS) is 22.4. The van der Waals surface area contributed by atoms with Crippen molar-refractivity contribution in [1.29, 1.82) is 0 Å². The lowest BCUT2D eigenvalue weighted by Gasteiger charge is -2.28. The van der Waals surface area contributed by atoms with E-state index in [0.717, 1.165) is 6.61 Å². The monoisotopic (exact) mass is 292 g/mol. The number of rotatable bonds is 6. The van der Waals surface area contributed by atoms with E-state index >= 15 is 0 Å². The molecule has 1 aromatic rings. The minimum atomic E-state index is -0.389. The van der Waals surface area contributed by atoms with Crippen LogP contribution in [0.15, 0.2) is 36.9 Å². The predicted octanol–water partition coefficient (Wildman–Crippen LogP) is 4.54. The van der Waals surface area contributed by atoms with Crippen molar-refractivity contribution in [1.82, 2.24) is 0 Å². The molecular formula is C17H21ClO2. The van der Waals surface area contributed by atoms with E-state index in [1.807, 2.05) is 24.3 Å². The van der Waals surface area contributed by atoms with E-state index < -0.39 is 0 Å². The summed E-state index contributed by atoms with van der Waals surface area (Å²) in [5.74, 6) is 1.28. The van der Waals surface area contributed by atoms with Crippen molar-refractivity contribution in [3.8, 4) is 0 Å². The van der Waals surface area contributed by atoms with E-state index in [1.165, 1.54) is 31.2 Å². The predicted molar refractivity (Wildman–Crippen MR) is 82.3 cm³/mol. The standard InChI is InChI=1S/C17H21ClO2/c1-2-11-20-12-13-3-5-14(6-4-13)15-7-9-16(10-8-15)17(18)19/h2,7-10,13-14H,1,3-6,11-12H2/t13-,14-. The zero-order chi connectivity index (χ0) is 14.4. The first kappa shape index (κ1) is 15.3. The number of ether oxygens (including phenoxy) is 1. The summed E-state index contributed by atoms with van der Waals surface area (Å²) in [5.41, 5.74) is 1.89. The maximum atomic E-state index is 11.0. The molecule has 1 aliphatic rings. The van der Waals surface area contributed by atoms with Crippen LogP contribution in [0.2, 0.25) is 0 Å². The fourth-order valence-electron chi connectivity index (χ4n) is 2.87. The maximum absolute atomic E-state index is 11.0. The summed E-state index contributed by atoms with van der Waals surface area (Å²) in [6.45, 7) is 5.15. The van der Waals surface area contributed by atoms with Gasteiger partial charge < -0.3 is 4.74 Å². The van der Waals surface area contributed by atoms with Crippen LogP contribution in [0.5, 0.6) is 0 Å². The average Bonchev–Trinajstić information content (AvgIpc) is 2.48. The molecule has 2 rings (SSSR count). The summed E-state index contributed by atoms with van der Waals surface area (Å²) in [6, 6.07) is 7.72. The van der Waals surface area contributed by atoms with Gasteiger partial charge in [0.1, 0.15) is 0 Å². The summed E-state index contributed by atoms with van der Waals surface area (Å²) in [7, 11) is 0. The van der Waals surface area contributed by atoms with Gasteiger partial charge in [0, 0.05) is 12.2 Å². The van der Waals surface area contributed by atoms with Gasteiger partial charge in [-0.3, -0.25) is 4.79 Å². The molecule has 0 heterocycles. The summed E-state index contributed by atoms with van der Waals surface area (Å²) < 4.78 is 5.54. The molecule has 3 heteroatoms. The van der Waals surface area contributed by atoms with Crippen LogP contribution < -0.4 is 0 Å².